The molecule has 0 rings (SSSR count). The van der Waals surface area contributed by atoms with E-state index in [1.54, 1.807) is 13.8 Å². The molecule has 0 aromatic rings. The van der Waals surface area contributed by atoms with Crippen molar-refractivity contribution in [2.75, 3.05) is 7.11 Å². The van der Waals surface area contributed by atoms with E-state index in [0.717, 1.165) is 0 Å². The summed E-state index contributed by atoms with van der Waals surface area (Å²) in [6, 6.07) is 0. The first-order valence-electron chi connectivity index (χ1n) is 3.20. The van der Waals surface area contributed by atoms with Crippen LogP contribution in [0.25, 0.3) is 0 Å². The Morgan fingerprint density at radius 3 is 1.91 bits per heavy atom. The number of hydrogen-bond donors (Lipinski definition) is 0. The van der Waals surface area contributed by atoms with Crippen LogP contribution in [0.4, 0.5) is 0 Å². The van der Waals surface area contributed by atoms with E-state index in [-0.39, 0.29) is 0 Å². The predicted molar refractivity (Wildman–Crippen MR) is 45.3 cm³/mol. The molecule has 0 aliphatic heterocycles. The number of hydrogen-bond acceptors (Lipinski definition) is 3. The van der Waals surface area contributed by atoms with Gasteiger partial charge in [0, 0.05) is 17.8 Å². The summed E-state index contributed by atoms with van der Waals surface area (Å²) >= 11 is 0. The van der Waals surface area contributed by atoms with E-state index in [1.807, 2.05) is 0 Å². The van der Waals surface area contributed by atoms with Crippen molar-refractivity contribution in [3.8, 4) is 0 Å². The van der Waals surface area contributed by atoms with Gasteiger partial charge in [-0.25, -0.2) is 8.42 Å². The Balaban J connectivity index is 4.63. The van der Waals surface area contributed by atoms with Crippen LogP contribution in [0.5, 0.6) is 0 Å². The van der Waals surface area contributed by atoms with Crippen LogP contribution >= 0.6 is 10.7 Å². The minimum Gasteiger partial charge on any atom is -0.377 e. The molecule has 0 aliphatic carbocycles. The van der Waals surface area contributed by atoms with Crippen molar-refractivity contribution in [2.24, 2.45) is 0 Å². The first kappa shape index (κ1) is 11.2. The molecule has 0 heterocycles. The quantitative estimate of drug-likeness (QED) is 0.647. The number of ether oxygens (including phenoxy) is 1. The Labute approximate surface area is 72.1 Å². The highest BCUT2D eigenvalue weighted by molar-refractivity contribution is 8.14. The maximum atomic E-state index is 10.8. The lowest BCUT2D eigenvalue weighted by molar-refractivity contribution is 0.0230. The Hall–Kier alpha value is 0.200. The minimum absolute atomic E-state index is 0.707. The topological polar surface area (TPSA) is 43.4 Å². The summed E-state index contributed by atoms with van der Waals surface area (Å²) in [6.45, 7) is 4.88. The molecule has 0 fully saturated rings. The summed E-state index contributed by atoms with van der Waals surface area (Å²) in [4.78, 5) is 0. The largest absolute Gasteiger partial charge is 0.377 e. The average Bonchev–Trinajstić information content (AvgIpc) is 1.84. The first-order valence-corrected chi connectivity index (χ1v) is 5.57. The molecule has 1 unspecified atom stereocenters. The fourth-order valence-corrected chi connectivity index (χ4v) is 1.92. The van der Waals surface area contributed by atoms with E-state index in [2.05, 4.69) is 0 Å². The van der Waals surface area contributed by atoms with Gasteiger partial charge >= 0.3 is 0 Å². The van der Waals surface area contributed by atoms with Crippen LogP contribution in [0, 0.1) is 0 Å². The van der Waals surface area contributed by atoms with Crippen molar-refractivity contribution in [1.82, 2.24) is 0 Å². The maximum Gasteiger partial charge on any atom is 0.238 e. The Kier molecular flexibility index (Phi) is 3.35. The number of rotatable bonds is 3. The molecule has 0 aromatic heterocycles. The highest BCUT2D eigenvalue weighted by Gasteiger charge is 2.34. The number of methoxy groups -OCH3 is 1. The van der Waals surface area contributed by atoms with Gasteiger partial charge < -0.3 is 4.74 Å². The molecule has 3 nitrogen and oxygen atoms in total. The van der Waals surface area contributed by atoms with E-state index in [1.165, 1.54) is 14.0 Å². The van der Waals surface area contributed by atoms with Crippen LogP contribution in [-0.4, -0.2) is 26.4 Å². The van der Waals surface area contributed by atoms with E-state index >= 15 is 0 Å². The van der Waals surface area contributed by atoms with Crippen LogP contribution in [0.3, 0.4) is 0 Å². The Morgan fingerprint density at radius 2 is 1.82 bits per heavy atom. The summed E-state index contributed by atoms with van der Waals surface area (Å²) in [7, 11) is 3.07. The second-order valence-corrected chi connectivity index (χ2v) is 5.87. The molecule has 0 bridgehead atoms. The van der Waals surface area contributed by atoms with Crippen molar-refractivity contribution < 1.29 is 13.2 Å². The smallest absolute Gasteiger partial charge is 0.238 e. The standard InChI is InChI=1S/C6H13ClO3S/c1-5(11(7,8)9)6(2,3)10-4/h5H,1-4H3. The molecular formula is C6H13ClO3S. The Bertz CT molecular complexity index is 220. The first-order chi connectivity index (χ1) is 4.72. The molecule has 5 heteroatoms. The normalized spacial score (nSPS) is 16.5. The molecule has 0 radical (unpaired) electrons. The molecule has 0 aliphatic rings. The molecule has 0 saturated carbocycles. The van der Waals surface area contributed by atoms with Crippen LogP contribution in [0.15, 0.2) is 0 Å². The van der Waals surface area contributed by atoms with Crippen LogP contribution in [0.1, 0.15) is 20.8 Å². The SMILES string of the molecule is COC(C)(C)C(C)S(=O)(=O)Cl. The molecule has 0 amide bonds. The molecule has 11 heavy (non-hydrogen) atoms. The molecule has 1 atom stereocenters. The second kappa shape index (κ2) is 3.29. The van der Waals surface area contributed by atoms with E-state index in [0.29, 0.717) is 0 Å². The molecule has 68 valence electrons. The van der Waals surface area contributed by atoms with E-state index < -0.39 is 19.9 Å². The average molecular weight is 201 g/mol. The summed E-state index contributed by atoms with van der Waals surface area (Å²) < 4.78 is 26.6. The second-order valence-electron chi connectivity index (χ2n) is 2.93. The van der Waals surface area contributed by atoms with Crippen LogP contribution < -0.4 is 0 Å². The van der Waals surface area contributed by atoms with Crippen molar-refractivity contribution in [2.45, 2.75) is 31.6 Å². The van der Waals surface area contributed by atoms with Gasteiger partial charge in [0.2, 0.25) is 9.05 Å². The molecule has 0 saturated heterocycles. The third kappa shape index (κ3) is 2.97. The zero-order chi connectivity index (χ0) is 9.28. The lowest BCUT2D eigenvalue weighted by Crippen LogP contribution is -2.39. The highest BCUT2D eigenvalue weighted by Crippen LogP contribution is 2.22. The monoisotopic (exact) mass is 200 g/mol. The fourth-order valence-electron chi connectivity index (χ4n) is 0.505. The van der Waals surface area contributed by atoms with Gasteiger partial charge in [-0.1, -0.05) is 0 Å². The third-order valence-electron chi connectivity index (χ3n) is 1.93. The minimum atomic E-state index is -3.53. The Morgan fingerprint density at radius 1 is 1.45 bits per heavy atom. The van der Waals surface area contributed by atoms with Crippen molar-refractivity contribution in [1.29, 1.82) is 0 Å². The lowest BCUT2D eigenvalue weighted by Gasteiger charge is -2.27. The number of halogens is 1. The van der Waals surface area contributed by atoms with Crippen molar-refractivity contribution >= 4 is 19.7 Å². The van der Waals surface area contributed by atoms with Gasteiger partial charge in [-0.3, -0.25) is 0 Å². The van der Waals surface area contributed by atoms with Gasteiger partial charge in [0.25, 0.3) is 0 Å². The lowest BCUT2D eigenvalue weighted by atomic mass is 10.1. The zero-order valence-corrected chi connectivity index (χ0v) is 8.66. The molecule has 0 N–H and O–H groups in total. The zero-order valence-electron chi connectivity index (χ0n) is 7.09. The van der Waals surface area contributed by atoms with Crippen molar-refractivity contribution in [3.63, 3.8) is 0 Å². The van der Waals surface area contributed by atoms with Gasteiger partial charge in [0.05, 0.1) is 5.60 Å². The van der Waals surface area contributed by atoms with Gasteiger partial charge in [0.15, 0.2) is 0 Å². The summed E-state index contributed by atoms with van der Waals surface area (Å²) in [6.07, 6.45) is 0. The van der Waals surface area contributed by atoms with Gasteiger partial charge in [-0.2, -0.15) is 0 Å². The summed E-state index contributed by atoms with van der Waals surface area (Å²) in [5.74, 6) is 0. The molecule has 0 spiro atoms. The predicted octanol–water partition coefficient (Wildman–Crippen LogP) is 1.37. The highest BCUT2D eigenvalue weighted by atomic mass is 35.7. The third-order valence-corrected chi connectivity index (χ3v) is 4.14. The van der Waals surface area contributed by atoms with E-state index in [4.69, 9.17) is 15.4 Å². The van der Waals surface area contributed by atoms with Gasteiger partial charge in [0.1, 0.15) is 5.25 Å². The molecule has 0 aromatic carbocycles. The van der Waals surface area contributed by atoms with Gasteiger partial charge in [-0.05, 0) is 20.8 Å². The van der Waals surface area contributed by atoms with Crippen LogP contribution in [0.2, 0.25) is 0 Å². The fraction of sp³-hybridized carbons (Fsp3) is 1.00. The van der Waals surface area contributed by atoms with Crippen LogP contribution in [-0.2, 0) is 13.8 Å². The summed E-state index contributed by atoms with van der Waals surface area (Å²) in [5.41, 5.74) is -0.736. The van der Waals surface area contributed by atoms with Crippen molar-refractivity contribution in [3.05, 3.63) is 0 Å². The maximum absolute atomic E-state index is 10.8. The van der Waals surface area contributed by atoms with Gasteiger partial charge in [-0.15, -0.1) is 0 Å². The molecular weight excluding hydrogens is 188 g/mol. The summed E-state index contributed by atoms with van der Waals surface area (Å²) in [5, 5.41) is -0.707. The van der Waals surface area contributed by atoms with E-state index in [9.17, 15) is 8.42 Å².